The summed E-state index contributed by atoms with van der Waals surface area (Å²) in [7, 11) is 0. The lowest BCUT2D eigenvalue weighted by Gasteiger charge is -2.13. The maximum Gasteiger partial charge on any atom is 0.230 e. The molecule has 3 aromatic rings. The van der Waals surface area contributed by atoms with Crippen molar-refractivity contribution in [3.8, 4) is 11.4 Å². The van der Waals surface area contributed by atoms with Crippen LogP contribution >= 0.6 is 11.8 Å². The number of carbonyl (C=O) groups is 1. The van der Waals surface area contributed by atoms with E-state index in [1.807, 2.05) is 59.2 Å². The van der Waals surface area contributed by atoms with Gasteiger partial charge in [-0.15, -0.1) is 16.8 Å². The largest absolute Gasteiger partial charge is 0.355 e. The van der Waals surface area contributed by atoms with Crippen LogP contribution in [0.3, 0.4) is 0 Å². The van der Waals surface area contributed by atoms with Crippen LogP contribution in [0.1, 0.15) is 18.4 Å². The van der Waals surface area contributed by atoms with Gasteiger partial charge in [-0.25, -0.2) is 0 Å². The fraction of sp³-hybridized carbons (Fsp3) is 0.227. The zero-order chi connectivity index (χ0) is 19.8. The number of nitrogens with one attached hydrogen (secondary N) is 1. The number of allylic oxidation sites excluding steroid dienone is 1. The van der Waals surface area contributed by atoms with Crippen LogP contribution in [0.2, 0.25) is 0 Å². The van der Waals surface area contributed by atoms with Gasteiger partial charge < -0.3 is 5.32 Å². The molecule has 2 aromatic carbocycles. The Morgan fingerprint density at radius 1 is 1.14 bits per heavy atom. The molecule has 1 aromatic heterocycles. The Morgan fingerprint density at radius 2 is 1.82 bits per heavy atom. The normalized spacial score (nSPS) is 11.8. The summed E-state index contributed by atoms with van der Waals surface area (Å²) in [6.45, 7) is 7.12. The number of thioether (sulfide) groups is 1. The molecule has 3 rings (SSSR count). The highest BCUT2D eigenvalue weighted by atomic mass is 32.2. The number of amides is 1. The molecule has 1 atom stereocenters. The Hall–Kier alpha value is -2.86. The third-order valence-corrected chi connectivity index (χ3v) is 5.33. The highest BCUT2D eigenvalue weighted by Gasteiger charge is 2.15. The van der Waals surface area contributed by atoms with Crippen LogP contribution in [-0.2, 0) is 11.3 Å². The molecule has 0 fully saturated rings. The van der Waals surface area contributed by atoms with Crippen molar-refractivity contribution in [1.82, 2.24) is 20.1 Å². The first-order chi connectivity index (χ1) is 13.7. The summed E-state index contributed by atoms with van der Waals surface area (Å²) in [5.74, 6) is 1.33. The van der Waals surface area contributed by atoms with Crippen LogP contribution in [0.15, 0.2) is 78.5 Å². The van der Waals surface area contributed by atoms with Gasteiger partial charge in [0.15, 0.2) is 11.0 Å². The molecule has 6 heteroatoms. The first-order valence-electron chi connectivity index (χ1n) is 9.23. The van der Waals surface area contributed by atoms with Crippen LogP contribution in [0.4, 0.5) is 0 Å². The van der Waals surface area contributed by atoms with E-state index >= 15 is 0 Å². The fourth-order valence-electron chi connectivity index (χ4n) is 2.84. The van der Waals surface area contributed by atoms with Crippen LogP contribution in [0, 0.1) is 0 Å². The van der Waals surface area contributed by atoms with E-state index in [-0.39, 0.29) is 11.8 Å². The molecule has 0 saturated carbocycles. The number of nitrogens with zero attached hydrogens (tertiary/aromatic N) is 3. The first-order valence-corrected chi connectivity index (χ1v) is 10.2. The van der Waals surface area contributed by atoms with E-state index in [2.05, 4.69) is 41.1 Å². The summed E-state index contributed by atoms with van der Waals surface area (Å²) in [5.41, 5.74) is 2.21. The summed E-state index contributed by atoms with van der Waals surface area (Å²) < 4.78 is 1.98. The Morgan fingerprint density at radius 3 is 2.50 bits per heavy atom. The van der Waals surface area contributed by atoms with Gasteiger partial charge in [0.2, 0.25) is 5.91 Å². The summed E-state index contributed by atoms with van der Waals surface area (Å²) >= 11 is 1.39. The Kier molecular flexibility index (Phi) is 7.03. The lowest BCUT2D eigenvalue weighted by atomic mass is 10.0. The molecule has 0 aliphatic heterocycles. The zero-order valence-electron chi connectivity index (χ0n) is 15.9. The molecule has 144 valence electrons. The number of rotatable bonds is 9. The molecule has 28 heavy (non-hydrogen) atoms. The minimum absolute atomic E-state index is 0.0119. The number of carbonyl (C=O) groups excluding carboxylic acids is 1. The van der Waals surface area contributed by atoms with Gasteiger partial charge in [-0.1, -0.05) is 85.4 Å². The Labute approximate surface area is 169 Å². The monoisotopic (exact) mass is 392 g/mol. The minimum Gasteiger partial charge on any atom is -0.355 e. The van der Waals surface area contributed by atoms with Crippen molar-refractivity contribution >= 4 is 17.7 Å². The molecule has 0 saturated heterocycles. The Bertz CT molecular complexity index is 909. The highest BCUT2D eigenvalue weighted by Crippen LogP contribution is 2.24. The second-order valence-electron chi connectivity index (χ2n) is 6.48. The minimum atomic E-state index is -0.0119. The predicted molar refractivity (Wildman–Crippen MR) is 114 cm³/mol. The third kappa shape index (κ3) is 5.10. The van der Waals surface area contributed by atoms with Gasteiger partial charge in [-0.2, -0.15) is 0 Å². The summed E-state index contributed by atoms with van der Waals surface area (Å²) in [6, 6.07) is 20.1. The Balaban J connectivity index is 1.59. The average Bonchev–Trinajstić information content (AvgIpc) is 3.14. The molecular weight excluding hydrogens is 368 g/mol. The lowest BCUT2D eigenvalue weighted by Crippen LogP contribution is -2.29. The van der Waals surface area contributed by atoms with E-state index < -0.39 is 0 Å². The molecule has 0 bridgehead atoms. The van der Waals surface area contributed by atoms with Gasteiger partial charge >= 0.3 is 0 Å². The maximum absolute atomic E-state index is 12.3. The third-order valence-electron chi connectivity index (χ3n) is 4.37. The fourth-order valence-corrected chi connectivity index (χ4v) is 3.62. The quantitative estimate of drug-likeness (QED) is 0.439. The second kappa shape index (κ2) is 9.90. The molecule has 0 radical (unpaired) electrons. The van der Waals surface area contributed by atoms with E-state index in [4.69, 9.17) is 0 Å². The van der Waals surface area contributed by atoms with E-state index in [9.17, 15) is 4.79 Å². The predicted octanol–water partition coefficient (Wildman–Crippen LogP) is 4.14. The topological polar surface area (TPSA) is 59.8 Å². The second-order valence-corrected chi connectivity index (χ2v) is 7.42. The van der Waals surface area contributed by atoms with Crippen molar-refractivity contribution in [2.24, 2.45) is 0 Å². The molecule has 1 amide bonds. The van der Waals surface area contributed by atoms with E-state index in [1.54, 1.807) is 0 Å². The first kappa shape index (κ1) is 19.9. The van der Waals surface area contributed by atoms with Gasteiger partial charge in [-0.3, -0.25) is 9.36 Å². The van der Waals surface area contributed by atoms with E-state index in [1.165, 1.54) is 17.3 Å². The number of aromatic nitrogens is 3. The van der Waals surface area contributed by atoms with Crippen LogP contribution < -0.4 is 5.32 Å². The van der Waals surface area contributed by atoms with E-state index in [0.29, 0.717) is 24.0 Å². The standard InChI is InChI=1S/C22H24N4OS/c1-3-14-26-21(19-12-8-5-9-13-19)24-25-22(26)28-16-20(27)23-15-17(2)18-10-6-4-7-11-18/h3-13,17H,1,14-16H2,2H3,(H,23,27)/t17-/m0/s1. The molecule has 0 spiro atoms. The van der Waals surface area contributed by atoms with Crippen LogP contribution in [0.5, 0.6) is 0 Å². The molecule has 0 aliphatic rings. The van der Waals surface area contributed by atoms with Crippen molar-refractivity contribution in [3.63, 3.8) is 0 Å². The molecule has 1 N–H and O–H groups in total. The lowest BCUT2D eigenvalue weighted by molar-refractivity contribution is -0.118. The summed E-state index contributed by atoms with van der Waals surface area (Å²) in [6.07, 6.45) is 1.81. The van der Waals surface area contributed by atoms with Crippen molar-refractivity contribution in [2.45, 2.75) is 24.5 Å². The number of benzene rings is 2. The van der Waals surface area contributed by atoms with Gasteiger partial charge in [0.1, 0.15) is 0 Å². The smallest absolute Gasteiger partial charge is 0.230 e. The van der Waals surface area contributed by atoms with Gasteiger partial charge in [0.25, 0.3) is 0 Å². The number of hydrogen-bond acceptors (Lipinski definition) is 4. The molecular formula is C22H24N4OS. The van der Waals surface area contributed by atoms with Gasteiger partial charge in [-0.05, 0) is 11.5 Å². The maximum atomic E-state index is 12.3. The molecule has 0 unspecified atom stereocenters. The zero-order valence-corrected chi connectivity index (χ0v) is 16.7. The SMILES string of the molecule is C=CCn1c(SCC(=O)NC[C@H](C)c2ccccc2)nnc1-c1ccccc1. The van der Waals surface area contributed by atoms with Crippen LogP contribution in [-0.4, -0.2) is 33.0 Å². The van der Waals surface area contributed by atoms with Crippen molar-refractivity contribution < 1.29 is 4.79 Å². The van der Waals surface area contributed by atoms with Gasteiger partial charge in [0.05, 0.1) is 5.75 Å². The van der Waals surface area contributed by atoms with Gasteiger partial charge in [0, 0.05) is 18.7 Å². The average molecular weight is 393 g/mol. The van der Waals surface area contributed by atoms with E-state index in [0.717, 1.165) is 11.4 Å². The summed E-state index contributed by atoms with van der Waals surface area (Å²) in [4.78, 5) is 12.3. The number of hydrogen-bond donors (Lipinski definition) is 1. The van der Waals surface area contributed by atoms with Crippen LogP contribution in [0.25, 0.3) is 11.4 Å². The van der Waals surface area contributed by atoms with Crippen molar-refractivity contribution in [1.29, 1.82) is 0 Å². The highest BCUT2D eigenvalue weighted by molar-refractivity contribution is 7.99. The van der Waals surface area contributed by atoms with Crippen molar-refractivity contribution in [2.75, 3.05) is 12.3 Å². The van der Waals surface area contributed by atoms with Crippen molar-refractivity contribution in [3.05, 3.63) is 78.9 Å². The summed E-state index contributed by atoms with van der Waals surface area (Å²) in [5, 5.41) is 12.3. The molecule has 5 nitrogen and oxygen atoms in total. The molecule has 0 aliphatic carbocycles. The molecule has 1 heterocycles.